The molecule has 0 aliphatic carbocycles. The molecule has 4 nitrogen and oxygen atoms in total. The number of nitrogens with zero attached hydrogens (tertiary/aromatic N) is 3. The molecule has 2 aromatic heterocycles. The van der Waals surface area contributed by atoms with Crippen molar-refractivity contribution in [2.75, 3.05) is 5.73 Å². The highest BCUT2D eigenvalue weighted by Crippen LogP contribution is 2.28. The highest BCUT2D eigenvalue weighted by molar-refractivity contribution is 5.99. The van der Waals surface area contributed by atoms with Crippen molar-refractivity contribution < 1.29 is 0 Å². The Labute approximate surface area is 121 Å². The van der Waals surface area contributed by atoms with E-state index in [2.05, 4.69) is 15.2 Å². The summed E-state index contributed by atoms with van der Waals surface area (Å²) in [5.74, 6) is 0.440. The minimum Gasteiger partial charge on any atom is -0.382 e. The number of benzene rings is 2. The summed E-state index contributed by atoms with van der Waals surface area (Å²) < 4.78 is 0. The van der Waals surface area contributed by atoms with E-state index >= 15 is 0 Å². The van der Waals surface area contributed by atoms with Gasteiger partial charge in [-0.15, -0.1) is 10.2 Å². The summed E-state index contributed by atoms with van der Waals surface area (Å²) in [6.45, 7) is 0. The van der Waals surface area contributed by atoms with E-state index in [1.165, 1.54) is 0 Å². The second-order valence-corrected chi connectivity index (χ2v) is 4.87. The smallest absolute Gasteiger partial charge is 0.154 e. The molecule has 0 saturated heterocycles. The quantitative estimate of drug-likeness (QED) is 0.576. The Bertz CT molecular complexity index is 963. The average molecular weight is 272 g/mol. The van der Waals surface area contributed by atoms with E-state index in [1.807, 2.05) is 60.7 Å². The highest BCUT2D eigenvalue weighted by Gasteiger charge is 2.10. The van der Waals surface area contributed by atoms with E-state index in [0.29, 0.717) is 5.82 Å². The molecular weight excluding hydrogens is 260 g/mol. The molecule has 0 radical (unpaired) electrons. The predicted molar refractivity (Wildman–Crippen MR) is 84.7 cm³/mol. The van der Waals surface area contributed by atoms with Gasteiger partial charge >= 0.3 is 0 Å². The number of para-hydroxylation sites is 1. The third kappa shape index (κ3) is 1.89. The third-order valence-corrected chi connectivity index (χ3v) is 3.56. The maximum atomic E-state index is 5.90. The first-order chi connectivity index (χ1) is 10.3. The van der Waals surface area contributed by atoms with Gasteiger partial charge in [-0.25, -0.2) is 4.98 Å². The fourth-order valence-electron chi connectivity index (χ4n) is 2.51. The van der Waals surface area contributed by atoms with E-state index in [4.69, 9.17) is 5.73 Å². The van der Waals surface area contributed by atoms with Gasteiger partial charge in [0.1, 0.15) is 5.69 Å². The molecule has 2 heterocycles. The largest absolute Gasteiger partial charge is 0.382 e. The number of rotatable bonds is 1. The Morgan fingerprint density at radius 2 is 1.48 bits per heavy atom. The first-order valence-electron chi connectivity index (χ1n) is 6.70. The fraction of sp³-hybridized carbons (Fsp3) is 0. The number of fused-ring (bicyclic) bond motifs is 2. The SMILES string of the molecule is Nc1nnc(-c2ccc3ccccc3n2)c2ccccc12. The molecule has 0 atom stereocenters. The molecule has 4 aromatic rings. The normalized spacial score (nSPS) is 11.0. The summed E-state index contributed by atoms with van der Waals surface area (Å²) in [5.41, 5.74) is 8.40. The van der Waals surface area contributed by atoms with Gasteiger partial charge in [-0.3, -0.25) is 0 Å². The van der Waals surface area contributed by atoms with Gasteiger partial charge in [0.2, 0.25) is 0 Å². The van der Waals surface area contributed by atoms with Crippen molar-refractivity contribution in [1.82, 2.24) is 15.2 Å². The van der Waals surface area contributed by atoms with Crippen LogP contribution in [0.25, 0.3) is 33.1 Å². The predicted octanol–water partition coefficient (Wildman–Crippen LogP) is 3.43. The van der Waals surface area contributed by atoms with Crippen LogP contribution in [0.2, 0.25) is 0 Å². The Balaban J connectivity index is 2.02. The molecule has 0 bridgehead atoms. The number of anilines is 1. The fourth-order valence-corrected chi connectivity index (χ4v) is 2.51. The summed E-state index contributed by atoms with van der Waals surface area (Å²) >= 11 is 0. The van der Waals surface area contributed by atoms with E-state index in [1.54, 1.807) is 0 Å². The molecule has 0 unspecified atom stereocenters. The van der Waals surface area contributed by atoms with Gasteiger partial charge in [-0.2, -0.15) is 0 Å². The molecule has 100 valence electrons. The number of nitrogen functional groups attached to an aromatic ring is 1. The van der Waals surface area contributed by atoms with Crippen molar-refractivity contribution in [2.45, 2.75) is 0 Å². The molecule has 2 N–H and O–H groups in total. The van der Waals surface area contributed by atoms with Gasteiger partial charge in [-0.05, 0) is 12.1 Å². The van der Waals surface area contributed by atoms with Crippen LogP contribution >= 0.6 is 0 Å². The van der Waals surface area contributed by atoms with Crippen LogP contribution in [0.1, 0.15) is 0 Å². The van der Waals surface area contributed by atoms with Crippen LogP contribution in [-0.2, 0) is 0 Å². The molecule has 0 aliphatic rings. The molecule has 4 rings (SSSR count). The molecule has 0 amide bonds. The second-order valence-electron chi connectivity index (χ2n) is 4.87. The monoisotopic (exact) mass is 272 g/mol. The van der Waals surface area contributed by atoms with Crippen LogP contribution < -0.4 is 5.73 Å². The van der Waals surface area contributed by atoms with E-state index in [0.717, 1.165) is 33.1 Å². The van der Waals surface area contributed by atoms with Crippen molar-refractivity contribution in [3.63, 3.8) is 0 Å². The molecule has 0 aliphatic heterocycles. The number of hydrogen-bond donors (Lipinski definition) is 1. The lowest BCUT2D eigenvalue weighted by molar-refractivity contribution is 1.06. The van der Waals surface area contributed by atoms with Crippen molar-refractivity contribution >= 4 is 27.5 Å². The van der Waals surface area contributed by atoms with Crippen LogP contribution in [0.4, 0.5) is 5.82 Å². The van der Waals surface area contributed by atoms with Gasteiger partial charge in [0.25, 0.3) is 0 Å². The van der Waals surface area contributed by atoms with Crippen molar-refractivity contribution in [1.29, 1.82) is 0 Å². The lowest BCUT2D eigenvalue weighted by Gasteiger charge is -2.07. The molecule has 0 saturated carbocycles. The zero-order valence-electron chi connectivity index (χ0n) is 11.2. The lowest BCUT2D eigenvalue weighted by Crippen LogP contribution is -1.98. The second kappa shape index (κ2) is 4.52. The zero-order valence-corrected chi connectivity index (χ0v) is 11.2. The molecular formula is C17H12N4. The molecule has 0 fully saturated rings. The van der Waals surface area contributed by atoms with Gasteiger partial charge in [0, 0.05) is 16.2 Å². The maximum absolute atomic E-state index is 5.90. The van der Waals surface area contributed by atoms with Gasteiger partial charge in [0.05, 0.1) is 11.2 Å². The van der Waals surface area contributed by atoms with E-state index in [-0.39, 0.29) is 0 Å². The minimum absolute atomic E-state index is 0.440. The van der Waals surface area contributed by atoms with Crippen molar-refractivity contribution in [3.8, 4) is 11.4 Å². The standard InChI is InChI=1S/C17H12N4/c18-17-13-7-3-2-6-12(13)16(20-21-17)15-10-9-11-5-1-4-8-14(11)19-15/h1-10H,(H2,18,21). The van der Waals surface area contributed by atoms with E-state index in [9.17, 15) is 0 Å². The molecule has 0 spiro atoms. The van der Waals surface area contributed by atoms with Crippen LogP contribution in [0.3, 0.4) is 0 Å². The summed E-state index contributed by atoms with van der Waals surface area (Å²) in [6.07, 6.45) is 0. The van der Waals surface area contributed by atoms with Gasteiger partial charge in [-0.1, -0.05) is 48.5 Å². The summed E-state index contributed by atoms with van der Waals surface area (Å²) in [6, 6.07) is 19.9. The van der Waals surface area contributed by atoms with Crippen LogP contribution in [-0.4, -0.2) is 15.2 Å². The Hall–Kier alpha value is -3.01. The Morgan fingerprint density at radius 1 is 0.714 bits per heavy atom. The van der Waals surface area contributed by atoms with Crippen molar-refractivity contribution in [2.24, 2.45) is 0 Å². The first kappa shape index (κ1) is 11.8. The molecule has 2 aromatic carbocycles. The summed E-state index contributed by atoms with van der Waals surface area (Å²) in [5, 5.41) is 11.3. The maximum Gasteiger partial charge on any atom is 0.154 e. The number of nitrogens with two attached hydrogens (primary N) is 1. The average Bonchev–Trinajstić information content (AvgIpc) is 2.55. The third-order valence-electron chi connectivity index (χ3n) is 3.56. The first-order valence-corrected chi connectivity index (χ1v) is 6.70. The zero-order chi connectivity index (χ0) is 14.2. The van der Waals surface area contributed by atoms with Crippen molar-refractivity contribution in [3.05, 3.63) is 60.7 Å². The topological polar surface area (TPSA) is 64.7 Å². The molecule has 4 heteroatoms. The summed E-state index contributed by atoms with van der Waals surface area (Å²) in [7, 11) is 0. The summed E-state index contributed by atoms with van der Waals surface area (Å²) in [4.78, 5) is 4.68. The number of pyridine rings is 1. The van der Waals surface area contributed by atoms with Crippen LogP contribution in [0.5, 0.6) is 0 Å². The van der Waals surface area contributed by atoms with Gasteiger partial charge in [0.15, 0.2) is 5.82 Å². The van der Waals surface area contributed by atoms with Gasteiger partial charge < -0.3 is 5.73 Å². The number of hydrogen-bond acceptors (Lipinski definition) is 4. The van der Waals surface area contributed by atoms with E-state index < -0.39 is 0 Å². The lowest BCUT2D eigenvalue weighted by atomic mass is 10.1. The minimum atomic E-state index is 0.440. The highest BCUT2D eigenvalue weighted by atomic mass is 15.1. The van der Waals surface area contributed by atoms with Crippen LogP contribution in [0, 0.1) is 0 Å². The van der Waals surface area contributed by atoms with Crippen LogP contribution in [0.15, 0.2) is 60.7 Å². The Morgan fingerprint density at radius 3 is 2.38 bits per heavy atom. The number of aromatic nitrogens is 3. The molecule has 21 heavy (non-hydrogen) atoms. The Kier molecular flexibility index (Phi) is 2.54.